The maximum Gasteiger partial charge on any atom is 0.118 e. The van der Waals surface area contributed by atoms with E-state index in [9.17, 15) is 0 Å². The fourth-order valence-electron chi connectivity index (χ4n) is 2.72. The van der Waals surface area contributed by atoms with Gasteiger partial charge >= 0.3 is 0 Å². The van der Waals surface area contributed by atoms with Gasteiger partial charge in [-0.15, -0.1) is 0 Å². The van der Waals surface area contributed by atoms with Gasteiger partial charge in [0.2, 0.25) is 0 Å². The van der Waals surface area contributed by atoms with Gasteiger partial charge < -0.3 is 10.5 Å². The molecular weight excluding hydrogens is 258 g/mol. The monoisotopic (exact) mass is 281 g/mol. The number of nitrogen functional groups attached to an aromatic ring is 1. The molecule has 0 radical (unpaired) electrons. The fraction of sp³-hybridized carbons (Fsp3) is 0.263. The minimum atomic E-state index is 0.379. The molecule has 2 heteroatoms. The van der Waals surface area contributed by atoms with E-state index in [0.717, 1.165) is 17.9 Å². The van der Waals surface area contributed by atoms with Crippen LogP contribution in [0.25, 0.3) is 5.57 Å². The average molecular weight is 281 g/mol. The van der Waals surface area contributed by atoms with Gasteiger partial charge in [-0.1, -0.05) is 37.3 Å². The molecule has 2 rings (SSSR count). The van der Waals surface area contributed by atoms with Gasteiger partial charge in [0.1, 0.15) is 5.75 Å². The maximum atomic E-state index is 5.79. The Bertz CT molecular complexity index is 596. The molecule has 0 aromatic heterocycles. The summed E-state index contributed by atoms with van der Waals surface area (Å²) in [5.74, 6) is 1.26. The predicted molar refractivity (Wildman–Crippen MR) is 90.5 cm³/mol. The molecule has 110 valence electrons. The van der Waals surface area contributed by atoms with Crippen LogP contribution in [0.15, 0.2) is 54.6 Å². The van der Waals surface area contributed by atoms with Crippen molar-refractivity contribution in [2.45, 2.75) is 26.2 Å². The molecule has 0 aliphatic carbocycles. The Balaban J connectivity index is 2.35. The molecule has 2 aromatic rings. The lowest BCUT2D eigenvalue weighted by Gasteiger charge is -2.20. The first-order chi connectivity index (χ1) is 10.2. The number of hydrogen-bond acceptors (Lipinski definition) is 2. The third-order valence-corrected chi connectivity index (χ3v) is 3.86. The summed E-state index contributed by atoms with van der Waals surface area (Å²) in [6.45, 7) is 4.31. The quantitative estimate of drug-likeness (QED) is 0.793. The van der Waals surface area contributed by atoms with Crippen LogP contribution in [-0.2, 0) is 0 Å². The summed E-state index contributed by atoms with van der Waals surface area (Å²) >= 11 is 0. The second-order valence-corrected chi connectivity index (χ2v) is 5.10. The molecule has 0 amide bonds. The first kappa shape index (κ1) is 15.2. The van der Waals surface area contributed by atoms with E-state index in [0.29, 0.717) is 5.92 Å². The number of anilines is 1. The lowest BCUT2D eigenvalue weighted by Crippen LogP contribution is -2.01. The van der Waals surface area contributed by atoms with Crippen LogP contribution in [0.3, 0.4) is 0 Å². The van der Waals surface area contributed by atoms with Crippen molar-refractivity contribution in [2.24, 2.45) is 0 Å². The van der Waals surface area contributed by atoms with Crippen molar-refractivity contribution in [3.8, 4) is 5.75 Å². The van der Waals surface area contributed by atoms with Crippen molar-refractivity contribution < 1.29 is 4.74 Å². The van der Waals surface area contributed by atoms with E-state index in [-0.39, 0.29) is 0 Å². The van der Waals surface area contributed by atoms with Crippen LogP contribution in [0, 0.1) is 0 Å². The third-order valence-electron chi connectivity index (χ3n) is 3.86. The van der Waals surface area contributed by atoms with Crippen LogP contribution in [0.2, 0.25) is 0 Å². The highest BCUT2D eigenvalue weighted by atomic mass is 16.5. The van der Waals surface area contributed by atoms with Gasteiger partial charge in [0.25, 0.3) is 0 Å². The van der Waals surface area contributed by atoms with Gasteiger partial charge in [-0.2, -0.15) is 0 Å². The van der Waals surface area contributed by atoms with E-state index in [1.807, 2.05) is 24.3 Å². The predicted octanol–water partition coefficient (Wildman–Crippen LogP) is 4.87. The number of rotatable bonds is 5. The number of nitrogens with two attached hydrogens (primary N) is 1. The summed E-state index contributed by atoms with van der Waals surface area (Å²) in [6, 6.07) is 16.4. The molecule has 0 fully saturated rings. The van der Waals surface area contributed by atoms with Crippen molar-refractivity contribution in [1.82, 2.24) is 0 Å². The largest absolute Gasteiger partial charge is 0.497 e. The number of hydrogen-bond donors (Lipinski definition) is 1. The molecule has 2 N–H and O–H groups in total. The normalized spacial score (nSPS) is 13.0. The maximum absolute atomic E-state index is 5.79. The Kier molecular flexibility index (Phi) is 5.04. The molecule has 2 nitrogen and oxygen atoms in total. The SMILES string of the molecule is CC=C(c1ccc(OC)cc1)C(CC)c1ccc(N)cc1. The third kappa shape index (κ3) is 3.46. The highest BCUT2D eigenvalue weighted by Gasteiger charge is 2.15. The average Bonchev–Trinajstić information content (AvgIpc) is 2.54. The van der Waals surface area contributed by atoms with Crippen molar-refractivity contribution in [3.05, 3.63) is 65.7 Å². The molecule has 1 unspecified atom stereocenters. The Labute approximate surface area is 127 Å². The van der Waals surface area contributed by atoms with Gasteiger partial charge in [0, 0.05) is 11.6 Å². The lowest BCUT2D eigenvalue weighted by atomic mass is 9.84. The molecule has 0 aliphatic heterocycles. The Morgan fingerprint density at radius 2 is 1.71 bits per heavy atom. The molecule has 0 spiro atoms. The summed E-state index contributed by atoms with van der Waals surface area (Å²) in [7, 11) is 1.69. The topological polar surface area (TPSA) is 35.2 Å². The van der Waals surface area contributed by atoms with Crippen molar-refractivity contribution >= 4 is 11.3 Å². The zero-order chi connectivity index (χ0) is 15.2. The van der Waals surface area contributed by atoms with E-state index in [4.69, 9.17) is 10.5 Å². The highest BCUT2D eigenvalue weighted by molar-refractivity contribution is 5.72. The van der Waals surface area contributed by atoms with E-state index >= 15 is 0 Å². The fourth-order valence-corrected chi connectivity index (χ4v) is 2.72. The first-order valence-electron chi connectivity index (χ1n) is 7.35. The summed E-state index contributed by atoms with van der Waals surface area (Å²) in [5, 5.41) is 0. The van der Waals surface area contributed by atoms with Crippen LogP contribution >= 0.6 is 0 Å². The first-order valence-corrected chi connectivity index (χ1v) is 7.35. The number of methoxy groups -OCH3 is 1. The molecule has 0 bridgehead atoms. The number of benzene rings is 2. The van der Waals surface area contributed by atoms with Gasteiger partial charge in [-0.25, -0.2) is 0 Å². The van der Waals surface area contributed by atoms with Crippen LogP contribution < -0.4 is 10.5 Å². The van der Waals surface area contributed by atoms with E-state index in [2.05, 4.69) is 44.2 Å². The standard InChI is InChI=1S/C19H23NO/c1-4-18(14-6-10-16(20)11-7-14)19(5-2)15-8-12-17(21-3)13-9-15/h5-13,18H,4,20H2,1-3H3. The van der Waals surface area contributed by atoms with Crippen LogP contribution in [0.4, 0.5) is 5.69 Å². The molecule has 2 aromatic carbocycles. The summed E-state index contributed by atoms with van der Waals surface area (Å²) in [5.41, 5.74) is 10.5. The molecule has 0 heterocycles. The summed E-state index contributed by atoms with van der Waals surface area (Å²) in [6.07, 6.45) is 3.25. The van der Waals surface area contributed by atoms with Gasteiger partial charge in [-0.3, -0.25) is 0 Å². The van der Waals surface area contributed by atoms with E-state index in [1.165, 1.54) is 16.7 Å². The van der Waals surface area contributed by atoms with Crippen LogP contribution in [0.1, 0.15) is 37.3 Å². The van der Waals surface area contributed by atoms with E-state index < -0.39 is 0 Å². The van der Waals surface area contributed by atoms with Gasteiger partial charge in [-0.05, 0) is 54.3 Å². The Morgan fingerprint density at radius 1 is 1.10 bits per heavy atom. The van der Waals surface area contributed by atoms with Gasteiger partial charge in [0.15, 0.2) is 0 Å². The number of allylic oxidation sites excluding steroid dienone is 2. The Hall–Kier alpha value is -2.22. The second kappa shape index (κ2) is 6.98. The molecular formula is C19H23NO. The molecule has 1 atom stereocenters. The molecule has 0 aliphatic rings. The lowest BCUT2D eigenvalue weighted by molar-refractivity contribution is 0.415. The second-order valence-electron chi connectivity index (χ2n) is 5.10. The van der Waals surface area contributed by atoms with Crippen molar-refractivity contribution in [1.29, 1.82) is 0 Å². The number of ether oxygens (including phenoxy) is 1. The highest BCUT2D eigenvalue weighted by Crippen LogP contribution is 2.35. The van der Waals surface area contributed by atoms with Crippen molar-refractivity contribution in [3.63, 3.8) is 0 Å². The molecule has 0 saturated carbocycles. The minimum absolute atomic E-state index is 0.379. The summed E-state index contributed by atoms with van der Waals surface area (Å²) < 4.78 is 5.23. The van der Waals surface area contributed by atoms with Crippen LogP contribution in [0.5, 0.6) is 5.75 Å². The van der Waals surface area contributed by atoms with Crippen LogP contribution in [-0.4, -0.2) is 7.11 Å². The molecule has 21 heavy (non-hydrogen) atoms. The summed E-state index contributed by atoms with van der Waals surface area (Å²) in [4.78, 5) is 0. The Morgan fingerprint density at radius 3 is 2.19 bits per heavy atom. The van der Waals surface area contributed by atoms with Crippen molar-refractivity contribution in [2.75, 3.05) is 12.8 Å². The molecule has 0 saturated heterocycles. The minimum Gasteiger partial charge on any atom is -0.497 e. The smallest absolute Gasteiger partial charge is 0.118 e. The zero-order valence-electron chi connectivity index (χ0n) is 13.0. The van der Waals surface area contributed by atoms with E-state index in [1.54, 1.807) is 7.11 Å². The van der Waals surface area contributed by atoms with Gasteiger partial charge in [0.05, 0.1) is 7.11 Å². The zero-order valence-corrected chi connectivity index (χ0v) is 13.0.